The molecular formula is C18H20FN3O. The molecule has 1 aliphatic rings. The molecule has 1 fully saturated rings. The third kappa shape index (κ3) is 3.10. The van der Waals surface area contributed by atoms with Crippen LogP contribution in [0.5, 0.6) is 0 Å². The van der Waals surface area contributed by atoms with E-state index in [1.807, 2.05) is 18.3 Å². The van der Waals surface area contributed by atoms with Crippen LogP contribution < -0.4 is 0 Å². The van der Waals surface area contributed by atoms with Gasteiger partial charge in [0.1, 0.15) is 11.9 Å². The van der Waals surface area contributed by atoms with Gasteiger partial charge in [-0.05, 0) is 31.8 Å². The number of carbonyl (C=O) groups excluding carboxylic acids is 1. The van der Waals surface area contributed by atoms with Gasteiger partial charge in [0.15, 0.2) is 0 Å². The van der Waals surface area contributed by atoms with Crippen LogP contribution in [-0.2, 0) is 4.79 Å². The molecule has 3 rings (SSSR count). The maximum Gasteiger partial charge on any atom is 0.244 e. The second kappa shape index (κ2) is 6.46. The molecule has 5 heteroatoms. The van der Waals surface area contributed by atoms with Crippen molar-refractivity contribution in [3.63, 3.8) is 0 Å². The molecule has 0 unspecified atom stereocenters. The SMILES string of the molecule is CN(C)[C@@H](C(=O)N1CC(c2cccnc2)C1)c1ccccc1F. The second-order valence-electron chi connectivity index (χ2n) is 6.11. The minimum absolute atomic E-state index is 0.0553. The summed E-state index contributed by atoms with van der Waals surface area (Å²) in [5, 5.41) is 0. The highest BCUT2D eigenvalue weighted by molar-refractivity contribution is 5.84. The van der Waals surface area contributed by atoms with Gasteiger partial charge < -0.3 is 4.90 Å². The summed E-state index contributed by atoms with van der Waals surface area (Å²) in [5.74, 6) is -0.0831. The Morgan fingerprint density at radius 3 is 2.61 bits per heavy atom. The van der Waals surface area contributed by atoms with E-state index in [0.717, 1.165) is 5.56 Å². The lowest BCUT2D eigenvalue weighted by Gasteiger charge is -2.42. The maximum absolute atomic E-state index is 14.1. The van der Waals surface area contributed by atoms with Gasteiger partial charge in [-0.15, -0.1) is 0 Å². The Morgan fingerprint density at radius 2 is 2.00 bits per heavy atom. The number of hydrogen-bond acceptors (Lipinski definition) is 3. The smallest absolute Gasteiger partial charge is 0.244 e. The molecule has 2 heterocycles. The molecule has 0 spiro atoms. The van der Waals surface area contributed by atoms with Crippen molar-refractivity contribution in [1.82, 2.24) is 14.8 Å². The fraction of sp³-hybridized carbons (Fsp3) is 0.333. The van der Waals surface area contributed by atoms with E-state index in [-0.39, 0.29) is 11.7 Å². The number of halogens is 1. The molecule has 120 valence electrons. The summed E-state index contributed by atoms with van der Waals surface area (Å²) in [7, 11) is 3.60. The molecule has 1 saturated heterocycles. The van der Waals surface area contributed by atoms with Gasteiger partial charge in [0.2, 0.25) is 5.91 Å². The number of hydrogen-bond donors (Lipinski definition) is 0. The van der Waals surface area contributed by atoms with Gasteiger partial charge in [-0.2, -0.15) is 0 Å². The molecule has 1 aliphatic heterocycles. The minimum Gasteiger partial charge on any atom is -0.340 e. The van der Waals surface area contributed by atoms with Crippen molar-refractivity contribution in [2.45, 2.75) is 12.0 Å². The van der Waals surface area contributed by atoms with Crippen LogP contribution in [0.4, 0.5) is 4.39 Å². The van der Waals surface area contributed by atoms with Crippen LogP contribution in [0.1, 0.15) is 23.1 Å². The average Bonchev–Trinajstić information content (AvgIpc) is 2.49. The van der Waals surface area contributed by atoms with Gasteiger partial charge >= 0.3 is 0 Å². The number of carbonyl (C=O) groups is 1. The second-order valence-corrected chi connectivity index (χ2v) is 6.11. The van der Waals surface area contributed by atoms with Crippen LogP contribution >= 0.6 is 0 Å². The first-order chi connectivity index (χ1) is 11.1. The van der Waals surface area contributed by atoms with Gasteiger partial charge in [-0.1, -0.05) is 24.3 Å². The fourth-order valence-corrected chi connectivity index (χ4v) is 2.99. The summed E-state index contributed by atoms with van der Waals surface area (Å²) in [6, 6.07) is 9.81. The third-order valence-corrected chi connectivity index (χ3v) is 4.30. The molecule has 1 atom stereocenters. The van der Waals surface area contributed by atoms with E-state index in [2.05, 4.69) is 4.98 Å². The normalized spacial score (nSPS) is 16.3. The number of nitrogens with zero attached hydrogens (tertiary/aromatic N) is 3. The van der Waals surface area contributed by atoms with Gasteiger partial charge in [-0.3, -0.25) is 14.7 Å². The number of aromatic nitrogens is 1. The average molecular weight is 313 g/mol. The zero-order valence-corrected chi connectivity index (χ0v) is 13.3. The predicted octanol–water partition coefficient (Wildman–Crippen LogP) is 2.45. The molecule has 4 nitrogen and oxygen atoms in total. The molecule has 0 N–H and O–H groups in total. The van der Waals surface area contributed by atoms with E-state index < -0.39 is 6.04 Å². The maximum atomic E-state index is 14.1. The summed E-state index contributed by atoms with van der Waals surface area (Å²) >= 11 is 0. The first-order valence-corrected chi connectivity index (χ1v) is 7.67. The highest BCUT2D eigenvalue weighted by Gasteiger charge is 2.37. The first-order valence-electron chi connectivity index (χ1n) is 7.67. The zero-order valence-electron chi connectivity index (χ0n) is 13.3. The minimum atomic E-state index is -0.592. The Kier molecular flexibility index (Phi) is 4.39. The van der Waals surface area contributed by atoms with Crippen molar-refractivity contribution in [2.75, 3.05) is 27.2 Å². The topological polar surface area (TPSA) is 36.4 Å². The van der Waals surface area contributed by atoms with Crippen LogP contribution in [0.3, 0.4) is 0 Å². The Bertz CT molecular complexity index is 684. The van der Waals surface area contributed by atoms with Gasteiger partial charge in [-0.25, -0.2) is 4.39 Å². The van der Waals surface area contributed by atoms with Crippen molar-refractivity contribution in [1.29, 1.82) is 0 Å². The van der Waals surface area contributed by atoms with E-state index in [9.17, 15) is 9.18 Å². The monoisotopic (exact) mass is 313 g/mol. The quantitative estimate of drug-likeness (QED) is 0.870. The molecule has 23 heavy (non-hydrogen) atoms. The molecular weight excluding hydrogens is 293 g/mol. The number of benzene rings is 1. The first kappa shape index (κ1) is 15.6. The summed E-state index contributed by atoms with van der Waals surface area (Å²) in [5.41, 5.74) is 1.57. The van der Waals surface area contributed by atoms with Crippen LogP contribution in [0, 0.1) is 5.82 Å². The van der Waals surface area contributed by atoms with Gasteiger partial charge in [0, 0.05) is 37.0 Å². The van der Waals surface area contributed by atoms with Crippen molar-refractivity contribution < 1.29 is 9.18 Å². The number of likely N-dealkylation sites (tertiary alicyclic amines) is 1. The predicted molar refractivity (Wildman–Crippen MR) is 86.4 cm³/mol. The van der Waals surface area contributed by atoms with Crippen LogP contribution in [-0.4, -0.2) is 47.9 Å². The Balaban J connectivity index is 1.73. The number of amides is 1. The fourth-order valence-electron chi connectivity index (χ4n) is 2.99. The van der Waals surface area contributed by atoms with Crippen molar-refractivity contribution in [2.24, 2.45) is 0 Å². The van der Waals surface area contributed by atoms with Crippen LogP contribution in [0.15, 0.2) is 48.8 Å². The highest BCUT2D eigenvalue weighted by atomic mass is 19.1. The lowest BCUT2D eigenvalue weighted by atomic mass is 9.91. The Hall–Kier alpha value is -2.27. The zero-order chi connectivity index (χ0) is 16.4. The lowest BCUT2D eigenvalue weighted by molar-refractivity contribution is -0.141. The van der Waals surface area contributed by atoms with E-state index >= 15 is 0 Å². The molecule has 1 amide bonds. The summed E-state index contributed by atoms with van der Waals surface area (Å²) < 4.78 is 14.1. The summed E-state index contributed by atoms with van der Waals surface area (Å²) in [6.45, 7) is 1.31. The molecule has 2 aromatic rings. The molecule has 0 bridgehead atoms. The van der Waals surface area contributed by atoms with Crippen LogP contribution in [0.25, 0.3) is 0 Å². The van der Waals surface area contributed by atoms with Gasteiger partial charge in [0.05, 0.1) is 0 Å². The molecule has 0 radical (unpaired) electrons. The number of likely N-dealkylation sites (N-methyl/N-ethyl adjacent to an activating group) is 1. The van der Waals surface area contributed by atoms with Gasteiger partial charge in [0.25, 0.3) is 0 Å². The van der Waals surface area contributed by atoms with Crippen molar-refractivity contribution in [3.8, 4) is 0 Å². The van der Waals surface area contributed by atoms with Crippen LogP contribution in [0.2, 0.25) is 0 Å². The molecule has 0 saturated carbocycles. The lowest BCUT2D eigenvalue weighted by Crippen LogP contribution is -2.52. The highest BCUT2D eigenvalue weighted by Crippen LogP contribution is 2.31. The standard InChI is InChI=1S/C18H20FN3O/c1-21(2)17(15-7-3-4-8-16(15)19)18(23)22-11-14(12-22)13-6-5-9-20-10-13/h3-10,14,17H,11-12H2,1-2H3/t17-/m1/s1. The largest absolute Gasteiger partial charge is 0.340 e. The van der Waals surface area contributed by atoms with E-state index in [0.29, 0.717) is 24.6 Å². The van der Waals surface area contributed by atoms with E-state index in [1.165, 1.54) is 6.07 Å². The Labute approximate surface area is 135 Å². The molecule has 0 aliphatic carbocycles. The van der Waals surface area contributed by atoms with Crippen molar-refractivity contribution >= 4 is 5.91 Å². The Morgan fingerprint density at radius 1 is 1.26 bits per heavy atom. The van der Waals surface area contributed by atoms with E-state index in [4.69, 9.17) is 0 Å². The third-order valence-electron chi connectivity index (χ3n) is 4.30. The molecule has 1 aromatic carbocycles. The summed E-state index contributed by atoms with van der Waals surface area (Å²) in [4.78, 5) is 20.5. The number of pyridine rings is 1. The molecule has 1 aromatic heterocycles. The van der Waals surface area contributed by atoms with E-state index in [1.54, 1.807) is 48.3 Å². The van der Waals surface area contributed by atoms with Crippen molar-refractivity contribution in [3.05, 3.63) is 65.7 Å². The number of rotatable bonds is 4. The summed E-state index contributed by atoms with van der Waals surface area (Å²) in [6.07, 6.45) is 3.58.